The van der Waals surface area contributed by atoms with Gasteiger partial charge < -0.3 is 15.0 Å². The molecule has 1 aromatic heterocycles. The Labute approximate surface area is 184 Å². The first-order chi connectivity index (χ1) is 15.2. The van der Waals surface area contributed by atoms with Crippen molar-refractivity contribution in [1.29, 1.82) is 0 Å². The highest BCUT2D eigenvalue weighted by molar-refractivity contribution is 5.79. The summed E-state index contributed by atoms with van der Waals surface area (Å²) in [7, 11) is 1.69. The lowest BCUT2D eigenvalue weighted by molar-refractivity contribution is -0.125. The number of nitrogens with zero attached hydrogens (tertiary/aromatic N) is 4. The average molecular weight is 424 g/mol. The largest absolute Gasteiger partial charge is 0.497 e. The van der Waals surface area contributed by atoms with Gasteiger partial charge in [-0.15, -0.1) is 0 Å². The second-order valence-electron chi connectivity index (χ2n) is 8.65. The van der Waals surface area contributed by atoms with Crippen molar-refractivity contribution in [1.82, 2.24) is 20.2 Å². The monoisotopic (exact) mass is 423 g/mol. The Morgan fingerprint density at radius 3 is 2.55 bits per heavy atom. The molecule has 0 radical (unpaired) electrons. The first kappa shape index (κ1) is 21.6. The summed E-state index contributed by atoms with van der Waals surface area (Å²) in [4.78, 5) is 26.1. The molecule has 2 aliphatic rings. The van der Waals surface area contributed by atoms with Crippen LogP contribution in [0.1, 0.15) is 31.2 Å². The topological polar surface area (TPSA) is 70.6 Å². The third-order valence-electron chi connectivity index (χ3n) is 6.46. The maximum Gasteiger partial charge on any atom is 0.225 e. The number of hydrogen-bond acceptors (Lipinski definition) is 6. The first-order valence-electron chi connectivity index (χ1n) is 11.4. The number of carbonyl (C=O) groups excluding carboxylic acids is 1. The summed E-state index contributed by atoms with van der Waals surface area (Å²) in [6, 6.07) is 10.1. The predicted octanol–water partition coefficient (Wildman–Crippen LogP) is 2.73. The van der Waals surface area contributed by atoms with Gasteiger partial charge in [0.2, 0.25) is 11.9 Å². The number of methoxy groups -OCH3 is 1. The Kier molecular flexibility index (Phi) is 7.35. The molecule has 3 heterocycles. The summed E-state index contributed by atoms with van der Waals surface area (Å²) < 4.78 is 5.23. The van der Waals surface area contributed by atoms with E-state index >= 15 is 0 Å². The summed E-state index contributed by atoms with van der Waals surface area (Å²) in [6.45, 7) is 5.54. The summed E-state index contributed by atoms with van der Waals surface area (Å²) >= 11 is 0. The molecule has 1 amide bonds. The number of ether oxygens (including phenoxy) is 1. The fourth-order valence-corrected chi connectivity index (χ4v) is 4.55. The summed E-state index contributed by atoms with van der Waals surface area (Å²) in [5.74, 6) is 2.39. The highest BCUT2D eigenvalue weighted by atomic mass is 16.5. The maximum atomic E-state index is 12.8. The van der Waals surface area contributed by atoms with Crippen LogP contribution in [0.5, 0.6) is 5.75 Å². The number of likely N-dealkylation sites (tertiary alicyclic amines) is 1. The van der Waals surface area contributed by atoms with Crippen LogP contribution in [0.15, 0.2) is 42.7 Å². The van der Waals surface area contributed by atoms with Crippen LogP contribution in [0, 0.1) is 11.8 Å². The molecule has 1 atom stereocenters. The van der Waals surface area contributed by atoms with Gasteiger partial charge in [-0.25, -0.2) is 9.97 Å². The van der Waals surface area contributed by atoms with E-state index in [1.54, 1.807) is 19.5 Å². The lowest BCUT2D eigenvalue weighted by atomic mass is 9.94. The minimum absolute atomic E-state index is 0.0210. The molecule has 2 aliphatic heterocycles. The number of piperidine rings is 2. The number of benzene rings is 1. The van der Waals surface area contributed by atoms with Crippen molar-refractivity contribution in [2.24, 2.45) is 11.8 Å². The zero-order valence-electron chi connectivity index (χ0n) is 18.4. The number of hydrogen-bond donors (Lipinski definition) is 1. The van der Waals surface area contributed by atoms with Crippen molar-refractivity contribution in [2.75, 3.05) is 44.7 Å². The summed E-state index contributed by atoms with van der Waals surface area (Å²) in [6.07, 6.45) is 7.71. The third kappa shape index (κ3) is 5.94. The average Bonchev–Trinajstić information content (AvgIpc) is 2.84. The van der Waals surface area contributed by atoms with Gasteiger partial charge in [0, 0.05) is 38.6 Å². The molecule has 1 aromatic carbocycles. The normalized spacial score (nSPS) is 20.4. The van der Waals surface area contributed by atoms with Gasteiger partial charge in [-0.1, -0.05) is 12.1 Å². The number of nitrogens with one attached hydrogen (secondary N) is 1. The molecule has 2 fully saturated rings. The van der Waals surface area contributed by atoms with Crippen LogP contribution in [-0.2, 0) is 11.3 Å². The van der Waals surface area contributed by atoms with Crippen molar-refractivity contribution in [3.8, 4) is 5.75 Å². The van der Waals surface area contributed by atoms with E-state index in [-0.39, 0.29) is 11.8 Å². The van der Waals surface area contributed by atoms with Crippen LogP contribution >= 0.6 is 0 Å². The SMILES string of the molecule is COc1ccc(CN2CCC(CNC(=O)[C@@H]3CCCN(c4ncccn4)C3)CC2)cc1. The quantitative estimate of drug-likeness (QED) is 0.738. The van der Waals surface area contributed by atoms with E-state index in [2.05, 4.69) is 37.2 Å². The Hall–Kier alpha value is -2.67. The second kappa shape index (κ2) is 10.6. The van der Waals surface area contributed by atoms with E-state index in [0.717, 1.165) is 70.1 Å². The summed E-state index contributed by atoms with van der Waals surface area (Å²) in [5, 5.41) is 3.23. The molecule has 2 aromatic rings. The summed E-state index contributed by atoms with van der Waals surface area (Å²) in [5.41, 5.74) is 1.32. The van der Waals surface area contributed by atoms with Crippen molar-refractivity contribution in [2.45, 2.75) is 32.2 Å². The molecule has 2 saturated heterocycles. The molecule has 166 valence electrons. The zero-order chi connectivity index (χ0) is 21.5. The molecule has 0 saturated carbocycles. The van der Waals surface area contributed by atoms with Crippen LogP contribution in [-0.4, -0.2) is 60.6 Å². The Morgan fingerprint density at radius 2 is 1.84 bits per heavy atom. The lowest BCUT2D eigenvalue weighted by Gasteiger charge is -2.34. The fourth-order valence-electron chi connectivity index (χ4n) is 4.55. The van der Waals surface area contributed by atoms with Crippen molar-refractivity contribution < 1.29 is 9.53 Å². The first-order valence-corrected chi connectivity index (χ1v) is 11.4. The van der Waals surface area contributed by atoms with E-state index in [1.807, 2.05) is 18.2 Å². The highest BCUT2D eigenvalue weighted by Gasteiger charge is 2.28. The smallest absolute Gasteiger partial charge is 0.225 e. The van der Waals surface area contributed by atoms with Crippen LogP contribution < -0.4 is 15.0 Å². The molecule has 0 bridgehead atoms. The Balaban J connectivity index is 1.18. The van der Waals surface area contributed by atoms with Crippen molar-refractivity contribution in [3.05, 3.63) is 48.3 Å². The van der Waals surface area contributed by atoms with Crippen molar-refractivity contribution >= 4 is 11.9 Å². The highest BCUT2D eigenvalue weighted by Crippen LogP contribution is 2.22. The van der Waals surface area contributed by atoms with E-state index in [1.165, 1.54) is 5.56 Å². The molecular formula is C24H33N5O2. The van der Waals surface area contributed by atoms with Crippen LogP contribution in [0.25, 0.3) is 0 Å². The molecule has 0 unspecified atom stereocenters. The van der Waals surface area contributed by atoms with Crippen LogP contribution in [0.3, 0.4) is 0 Å². The van der Waals surface area contributed by atoms with Gasteiger partial charge in [0.15, 0.2) is 0 Å². The van der Waals surface area contributed by atoms with E-state index in [0.29, 0.717) is 12.5 Å². The van der Waals surface area contributed by atoms with E-state index < -0.39 is 0 Å². The van der Waals surface area contributed by atoms with E-state index in [4.69, 9.17) is 4.74 Å². The Bertz CT molecular complexity index is 822. The fraction of sp³-hybridized carbons (Fsp3) is 0.542. The minimum atomic E-state index is 0.0210. The molecule has 31 heavy (non-hydrogen) atoms. The van der Waals surface area contributed by atoms with Gasteiger partial charge in [-0.3, -0.25) is 9.69 Å². The van der Waals surface area contributed by atoms with Crippen LogP contribution in [0.4, 0.5) is 5.95 Å². The maximum absolute atomic E-state index is 12.8. The third-order valence-corrected chi connectivity index (χ3v) is 6.46. The molecular weight excluding hydrogens is 390 g/mol. The predicted molar refractivity (Wildman–Crippen MR) is 121 cm³/mol. The Morgan fingerprint density at radius 1 is 1.10 bits per heavy atom. The van der Waals surface area contributed by atoms with Gasteiger partial charge >= 0.3 is 0 Å². The second-order valence-corrected chi connectivity index (χ2v) is 8.65. The van der Waals surface area contributed by atoms with Gasteiger partial charge in [0.1, 0.15) is 5.75 Å². The number of amides is 1. The number of carbonyl (C=O) groups is 1. The molecule has 0 aliphatic carbocycles. The van der Waals surface area contributed by atoms with Gasteiger partial charge in [-0.05, 0) is 68.5 Å². The van der Waals surface area contributed by atoms with Gasteiger partial charge in [0.25, 0.3) is 0 Å². The number of anilines is 1. The number of aromatic nitrogens is 2. The van der Waals surface area contributed by atoms with Gasteiger partial charge in [0.05, 0.1) is 13.0 Å². The molecule has 4 rings (SSSR count). The van der Waals surface area contributed by atoms with Crippen molar-refractivity contribution in [3.63, 3.8) is 0 Å². The lowest BCUT2D eigenvalue weighted by Crippen LogP contribution is -2.45. The van der Waals surface area contributed by atoms with Gasteiger partial charge in [-0.2, -0.15) is 0 Å². The van der Waals surface area contributed by atoms with Crippen LogP contribution in [0.2, 0.25) is 0 Å². The molecule has 0 spiro atoms. The standard InChI is InChI=1S/C24H33N5O2/c1-31-22-7-5-20(6-8-22)17-28-14-9-19(10-15-28)16-27-23(30)21-4-2-13-29(18-21)24-25-11-3-12-26-24/h3,5-8,11-12,19,21H,2,4,9-10,13-18H2,1H3,(H,27,30)/t21-/m1/s1. The molecule has 1 N–H and O–H groups in total. The number of rotatable bonds is 7. The zero-order valence-corrected chi connectivity index (χ0v) is 18.4. The minimum Gasteiger partial charge on any atom is -0.497 e. The molecule has 7 nitrogen and oxygen atoms in total. The molecule has 7 heteroatoms. The van der Waals surface area contributed by atoms with E-state index in [9.17, 15) is 4.79 Å².